The number of rotatable bonds is 3. The summed E-state index contributed by atoms with van der Waals surface area (Å²) >= 11 is 3.38. The van der Waals surface area contributed by atoms with E-state index in [1.54, 1.807) is 0 Å². The highest BCUT2D eigenvalue weighted by molar-refractivity contribution is 9.10. The van der Waals surface area contributed by atoms with Crippen LogP contribution in [0.2, 0.25) is 0 Å². The number of halogens is 3. The number of nitrogens with one attached hydrogen (secondary N) is 2. The minimum atomic E-state index is -0.588. The summed E-state index contributed by atoms with van der Waals surface area (Å²) in [5.41, 5.74) is 2.22. The van der Waals surface area contributed by atoms with Gasteiger partial charge in [-0.15, -0.1) is 0 Å². The molecule has 3 rings (SSSR count). The molecule has 0 spiro atoms. The van der Waals surface area contributed by atoms with E-state index in [1.807, 2.05) is 18.2 Å². The van der Waals surface area contributed by atoms with Gasteiger partial charge >= 0.3 is 0 Å². The van der Waals surface area contributed by atoms with Gasteiger partial charge in [-0.25, -0.2) is 13.8 Å². The Morgan fingerprint density at radius 3 is 2.60 bits per heavy atom. The van der Waals surface area contributed by atoms with Crippen LogP contribution >= 0.6 is 15.9 Å². The van der Waals surface area contributed by atoms with E-state index < -0.39 is 11.6 Å². The SMILES string of the molecule is Fc1cc(F)cc(CNc2nc3ccc(Br)cc3[nH]2)c1. The lowest BCUT2D eigenvalue weighted by Gasteiger charge is -2.03. The highest BCUT2D eigenvalue weighted by atomic mass is 79.9. The lowest BCUT2D eigenvalue weighted by atomic mass is 10.2. The first-order valence-electron chi connectivity index (χ1n) is 5.94. The van der Waals surface area contributed by atoms with Gasteiger partial charge in [0.2, 0.25) is 5.95 Å². The van der Waals surface area contributed by atoms with Crippen molar-refractivity contribution in [1.29, 1.82) is 0 Å². The fourth-order valence-corrected chi connectivity index (χ4v) is 2.33. The number of fused-ring (bicyclic) bond motifs is 1. The maximum absolute atomic E-state index is 13.1. The minimum absolute atomic E-state index is 0.287. The minimum Gasteiger partial charge on any atom is -0.352 e. The Bertz CT molecular complexity index is 750. The van der Waals surface area contributed by atoms with E-state index in [4.69, 9.17) is 0 Å². The van der Waals surface area contributed by atoms with Crippen LogP contribution in [-0.2, 0) is 6.54 Å². The van der Waals surface area contributed by atoms with Gasteiger partial charge in [0.15, 0.2) is 0 Å². The van der Waals surface area contributed by atoms with E-state index in [9.17, 15) is 8.78 Å². The number of hydrogen-bond acceptors (Lipinski definition) is 2. The van der Waals surface area contributed by atoms with Crippen molar-refractivity contribution in [1.82, 2.24) is 9.97 Å². The highest BCUT2D eigenvalue weighted by Gasteiger charge is 2.04. The Balaban J connectivity index is 1.79. The van der Waals surface area contributed by atoms with Crippen molar-refractivity contribution in [3.05, 3.63) is 58.1 Å². The summed E-state index contributed by atoms with van der Waals surface area (Å²) in [6, 6.07) is 9.11. The molecule has 0 saturated carbocycles. The molecular weight excluding hydrogens is 328 g/mol. The third-order valence-corrected chi connectivity index (χ3v) is 3.32. The van der Waals surface area contributed by atoms with Crippen LogP contribution in [0.15, 0.2) is 40.9 Å². The van der Waals surface area contributed by atoms with Crippen molar-refractivity contribution in [3.63, 3.8) is 0 Å². The molecule has 0 atom stereocenters. The Morgan fingerprint density at radius 1 is 1.10 bits per heavy atom. The monoisotopic (exact) mass is 337 g/mol. The number of imidazole rings is 1. The summed E-state index contributed by atoms with van der Waals surface area (Å²) in [7, 11) is 0. The molecule has 102 valence electrons. The molecule has 6 heteroatoms. The largest absolute Gasteiger partial charge is 0.352 e. The Kier molecular flexibility index (Phi) is 3.40. The van der Waals surface area contributed by atoms with Crippen molar-refractivity contribution >= 4 is 32.9 Å². The zero-order valence-electron chi connectivity index (χ0n) is 10.3. The number of benzene rings is 2. The van der Waals surface area contributed by atoms with Crippen LogP contribution in [0, 0.1) is 11.6 Å². The molecule has 0 fully saturated rings. The van der Waals surface area contributed by atoms with Crippen molar-refractivity contribution in [3.8, 4) is 0 Å². The zero-order chi connectivity index (χ0) is 14.1. The predicted octanol–water partition coefficient (Wildman–Crippen LogP) is 4.22. The smallest absolute Gasteiger partial charge is 0.201 e. The molecule has 20 heavy (non-hydrogen) atoms. The number of nitrogens with zero attached hydrogens (tertiary/aromatic N) is 1. The van der Waals surface area contributed by atoms with Crippen molar-refractivity contribution in [2.45, 2.75) is 6.54 Å². The summed E-state index contributed by atoms with van der Waals surface area (Å²) in [6.45, 7) is 0.287. The molecule has 0 aliphatic carbocycles. The van der Waals surface area contributed by atoms with Gasteiger partial charge in [-0.3, -0.25) is 0 Å². The molecular formula is C14H10BrF2N3. The van der Waals surface area contributed by atoms with Crippen molar-refractivity contribution < 1.29 is 8.78 Å². The van der Waals surface area contributed by atoms with E-state index in [0.717, 1.165) is 21.6 Å². The van der Waals surface area contributed by atoms with Gasteiger partial charge in [0.1, 0.15) is 11.6 Å². The Morgan fingerprint density at radius 2 is 1.85 bits per heavy atom. The second kappa shape index (κ2) is 5.20. The molecule has 0 amide bonds. The first-order chi connectivity index (χ1) is 9.60. The fraction of sp³-hybridized carbons (Fsp3) is 0.0714. The summed E-state index contributed by atoms with van der Waals surface area (Å²) in [5.74, 6) is -0.617. The molecule has 0 saturated heterocycles. The third-order valence-electron chi connectivity index (χ3n) is 2.83. The number of aromatic amines is 1. The first kappa shape index (κ1) is 13.1. The molecule has 0 aliphatic rings. The zero-order valence-corrected chi connectivity index (χ0v) is 11.8. The van der Waals surface area contributed by atoms with Crippen LogP contribution in [0.4, 0.5) is 14.7 Å². The molecule has 0 bridgehead atoms. The van der Waals surface area contributed by atoms with E-state index in [-0.39, 0.29) is 6.54 Å². The van der Waals surface area contributed by atoms with E-state index in [1.165, 1.54) is 12.1 Å². The Hall–Kier alpha value is -1.95. The summed E-state index contributed by atoms with van der Waals surface area (Å²) in [6.07, 6.45) is 0. The number of aromatic nitrogens is 2. The molecule has 0 unspecified atom stereocenters. The standard InChI is InChI=1S/C14H10BrF2N3/c15-9-1-2-12-13(5-9)20-14(19-12)18-7-8-3-10(16)6-11(17)4-8/h1-6H,7H2,(H2,18,19,20). The average molecular weight is 338 g/mol. The number of H-pyrrole nitrogens is 1. The lowest BCUT2D eigenvalue weighted by molar-refractivity contribution is 0.580. The molecule has 0 radical (unpaired) electrons. The molecule has 3 nitrogen and oxygen atoms in total. The molecule has 3 aromatic rings. The van der Waals surface area contributed by atoms with Gasteiger partial charge < -0.3 is 10.3 Å². The molecule has 0 aliphatic heterocycles. The van der Waals surface area contributed by atoms with Crippen molar-refractivity contribution in [2.24, 2.45) is 0 Å². The summed E-state index contributed by atoms with van der Waals surface area (Å²) in [5, 5.41) is 3.01. The highest BCUT2D eigenvalue weighted by Crippen LogP contribution is 2.19. The molecule has 2 N–H and O–H groups in total. The predicted molar refractivity (Wildman–Crippen MR) is 77.5 cm³/mol. The van der Waals surface area contributed by atoms with E-state index in [2.05, 4.69) is 31.2 Å². The van der Waals surface area contributed by atoms with Crippen LogP contribution in [0.5, 0.6) is 0 Å². The van der Waals surface area contributed by atoms with Crippen LogP contribution in [0.1, 0.15) is 5.56 Å². The molecule has 1 aromatic heterocycles. The first-order valence-corrected chi connectivity index (χ1v) is 6.73. The second-order valence-electron chi connectivity index (χ2n) is 4.38. The summed E-state index contributed by atoms with van der Waals surface area (Å²) in [4.78, 5) is 7.43. The van der Waals surface area contributed by atoms with E-state index >= 15 is 0 Å². The van der Waals surface area contributed by atoms with Gasteiger partial charge in [0.05, 0.1) is 11.0 Å². The molecule has 1 heterocycles. The van der Waals surface area contributed by atoms with Crippen LogP contribution in [0.25, 0.3) is 11.0 Å². The van der Waals surface area contributed by atoms with E-state index in [0.29, 0.717) is 11.5 Å². The van der Waals surface area contributed by atoms with Gasteiger partial charge in [-0.1, -0.05) is 15.9 Å². The normalized spacial score (nSPS) is 10.9. The second-order valence-corrected chi connectivity index (χ2v) is 5.29. The van der Waals surface area contributed by atoms with Gasteiger partial charge in [-0.05, 0) is 35.9 Å². The van der Waals surface area contributed by atoms with Gasteiger partial charge in [0, 0.05) is 17.1 Å². The average Bonchev–Trinajstić information content (AvgIpc) is 2.77. The van der Waals surface area contributed by atoms with Gasteiger partial charge in [0.25, 0.3) is 0 Å². The maximum atomic E-state index is 13.1. The number of anilines is 1. The topological polar surface area (TPSA) is 40.7 Å². The fourth-order valence-electron chi connectivity index (χ4n) is 1.96. The molecule has 2 aromatic carbocycles. The summed E-state index contributed by atoms with van der Waals surface area (Å²) < 4.78 is 27.1. The maximum Gasteiger partial charge on any atom is 0.201 e. The van der Waals surface area contributed by atoms with Crippen LogP contribution < -0.4 is 5.32 Å². The lowest BCUT2D eigenvalue weighted by Crippen LogP contribution is -2.01. The van der Waals surface area contributed by atoms with Crippen LogP contribution in [-0.4, -0.2) is 9.97 Å². The van der Waals surface area contributed by atoms with Crippen LogP contribution in [0.3, 0.4) is 0 Å². The number of hydrogen-bond donors (Lipinski definition) is 2. The van der Waals surface area contributed by atoms with Gasteiger partial charge in [-0.2, -0.15) is 0 Å². The Labute approximate surface area is 122 Å². The van der Waals surface area contributed by atoms with Crippen molar-refractivity contribution in [2.75, 3.05) is 5.32 Å². The quantitative estimate of drug-likeness (QED) is 0.751. The third kappa shape index (κ3) is 2.80.